The fourth-order valence-corrected chi connectivity index (χ4v) is 2.22. The number of rotatable bonds is 5. The van der Waals surface area contributed by atoms with Gasteiger partial charge in [0, 0.05) is 26.1 Å². The van der Waals surface area contributed by atoms with E-state index in [0.29, 0.717) is 18.4 Å². The fraction of sp³-hybridized carbons (Fsp3) is 0.917. The first-order chi connectivity index (χ1) is 7.25. The molecule has 1 N–H and O–H groups in total. The van der Waals surface area contributed by atoms with Gasteiger partial charge >= 0.3 is 0 Å². The lowest BCUT2D eigenvalue weighted by Gasteiger charge is -2.31. The van der Waals surface area contributed by atoms with Crippen LogP contribution in [-0.4, -0.2) is 37.0 Å². The molecule has 1 fully saturated rings. The second-order valence-electron chi connectivity index (χ2n) is 4.40. The van der Waals surface area contributed by atoms with Crippen LogP contribution in [0.2, 0.25) is 0 Å². The second-order valence-corrected chi connectivity index (χ2v) is 4.40. The summed E-state index contributed by atoms with van der Waals surface area (Å²) in [5.41, 5.74) is 0. The van der Waals surface area contributed by atoms with E-state index >= 15 is 0 Å². The molecule has 1 amide bonds. The third kappa shape index (κ3) is 4.20. The maximum absolute atomic E-state index is 11.8. The standard InChI is InChI=1S/C12H24N2O/c1-3-13-10-9-12(15)14(2)11-7-5-4-6-8-11/h11,13H,3-10H2,1-2H3. The van der Waals surface area contributed by atoms with Gasteiger partial charge in [0.1, 0.15) is 0 Å². The van der Waals surface area contributed by atoms with Crippen molar-refractivity contribution in [2.24, 2.45) is 0 Å². The van der Waals surface area contributed by atoms with Gasteiger partial charge in [-0.15, -0.1) is 0 Å². The van der Waals surface area contributed by atoms with Crippen molar-refractivity contribution in [2.45, 2.75) is 51.5 Å². The first kappa shape index (κ1) is 12.5. The van der Waals surface area contributed by atoms with Crippen molar-refractivity contribution in [2.75, 3.05) is 20.1 Å². The van der Waals surface area contributed by atoms with Crippen molar-refractivity contribution >= 4 is 5.91 Å². The molecule has 0 unspecified atom stereocenters. The largest absolute Gasteiger partial charge is 0.343 e. The summed E-state index contributed by atoms with van der Waals surface area (Å²) in [7, 11) is 1.96. The number of hydrogen-bond donors (Lipinski definition) is 1. The molecule has 0 heterocycles. The van der Waals surface area contributed by atoms with Crippen LogP contribution in [-0.2, 0) is 4.79 Å². The summed E-state index contributed by atoms with van der Waals surface area (Å²) in [5, 5.41) is 3.19. The smallest absolute Gasteiger partial charge is 0.223 e. The maximum Gasteiger partial charge on any atom is 0.223 e. The van der Waals surface area contributed by atoms with Gasteiger partial charge in [0.15, 0.2) is 0 Å². The molecule has 1 rings (SSSR count). The predicted octanol–water partition coefficient (Wildman–Crippen LogP) is 1.78. The van der Waals surface area contributed by atoms with Crippen LogP contribution in [0, 0.1) is 0 Å². The summed E-state index contributed by atoms with van der Waals surface area (Å²) in [6.07, 6.45) is 6.95. The summed E-state index contributed by atoms with van der Waals surface area (Å²) < 4.78 is 0. The number of carbonyl (C=O) groups excluding carboxylic acids is 1. The zero-order chi connectivity index (χ0) is 11.1. The van der Waals surface area contributed by atoms with Crippen LogP contribution < -0.4 is 5.32 Å². The zero-order valence-electron chi connectivity index (χ0n) is 10.1. The highest BCUT2D eigenvalue weighted by molar-refractivity contribution is 5.76. The van der Waals surface area contributed by atoms with Crippen molar-refractivity contribution < 1.29 is 4.79 Å². The molecule has 0 aromatic heterocycles. The Morgan fingerprint density at radius 2 is 2.00 bits per heavy atom. The lowest BCUT2D eigenvalue weighted by atomic mass is 9.94. The molecular weight excluding hydrogens is 188 g/mol. The molecule has 0 aliphatic heterocycles. The summed E-state index contributed by atoms with van der Waals surface area (Å²) in [5.74, 6) is 0.294. The molecule has 15 heavy (non-hydrogen) atoms. The number of nitrogens with one attached hydrogen (secondary N) is 1. The average molecular weight is 212 g/mol. The molecule has 0 saturated heterocycles. The van der Waals surface area contributed by atoms with Gasteiger partial charge < -0.3 is 10.2 Å². The van der Waals surface area contributed by atoms with Gasteiger partial charge in [-0.25, -0.2) is 0 Å². The topological polar surface area (TPSA) is 32.3 Å². The molecule has 0 bridgehead atoms. The Labute approximate surface area is 93.2 Å². The summed E-state index contributed by atoms with van der Waals surface area (Å²) in [6.45, 7) is 3.82. The Morgan fingerprint density at radius 3 is 2.60 bits per heavy atom. The Morgan fingerprint density at radius 1 is 1.33 bits per heavy atom. The normalized spacial score (nSPS) is 17.7. The van der Waals surface area contributed by atoms with Crippen molar-refractivity contribution in [1.29, 1.82) is 0 Å². The molecule has 3 heteroatoms. The van der Waals surface area contributed by atoms with Gasteiger partial charge in [0.2, 0.25) is 5.91 Å². The Balaban J connectivity index is 2.24. The van der Waals surface area contributed by atoms with E-state index < -0.39 is 0 Å². The highest BCUT2D eigenvalue weighted by atomic mass is 16.2. The van der Waals surface area contributed by atoms with E-state index in [-0.39, 0.29) is 0 Å². The summed E-state index contributed by atoms with van der Waals surface area (Å²) >= 11 is 0. The minimum atomic E-state index is 0.294. The minimum absolute atomic E-state index is 0.294. The SMILES string of the molecule is CCNCCC(=O)N(C)C1CCCCC1. The van der Waals surface area contributed by atoms with E-state index in [1.165, 1.54) is 32.1 Å². The predicted molar refractivity (Wildman–Crippen MR) is 62.8 cm³/mol. The lowest BCUT2D eigenvalue weighted by molar-refractivity contribution is -0.132. The van der Waals surface area contributed by atoms with Crippen LogP contribution in [0.5, 0.6) is 0 Å². The van der Waals surface area contributed by atoms with Crippen LogP contribution in [0.4, 0.5) is 0 Å². The summed E-state index contributed by atoms with van der Waals surface area (Å²) in [4.78, 5) is 13.8. The van der Waals surface area contributed by atoms with E-state index in [2.05, 4.69) is 12.2 Å². The Bertz CT molecular complexity index is 188. The van der Waals surface area contributed by atoms with Crippen LogP contribution >= 0.6 is 0 Å². The van der Waals surface area contributed by atoms with E-state index in [1.807, 2.05) is 11.9 Å². The molecule has 0 aromatic carbocycles. The molecular formula is C12H24N2O. The van der Waals surface area contributed by atoms with Gasteiger partial charge in [-0.3, -0.25) is 4.79 Å². The van der Waals surface area contributed by atoms with Crippen molar-refractivity contribution in [3.63, 3.8) is 0 Å². The highest BCUT2D eigenvalue weighted by Crippen LogP contribution is 2.21. The van der Waals surface area contributed by atoms with Crippen LogP contribution in [0.15, 0.2) is 0 Å². The van der Waals surface area contributed by atoms with E-state index in [4.69, 9.17) is 0 Å². The molecule has 1 saturated carbocycles. The average Bonchev–Trinajstić information content (AvgIpc) is 2.29. The number of nitrogens with zero attached hydrogens (tertiary/aromatic N) is 1. The lowest BCUT2D eigenvalue weighted by Crippen LogP contribution is -2.39. The van der Waals surface area contributed by atoms with Crippen molar-refractivity contribution in [3.05, 3.63) is 0 Å². The van der Waals surface area contributed by atoms with Crippen molar-refractivity contribution in [1.82, 2.24) is 10.2 Å². The molecule has 0 aromatic rings. The quantitative estimate of drug-likeness (QED) is 0.705. The van der Waals surface area contributed by atoms with Gasteiger partial charge in [-0.1, -0.05) is 26.2 Å². The van der Waals surface area contributed by atoms with Crippen molar-refractivity contribution in [3.8, 4) is 0 Å². The van der Waals surface area contributed by atoms with Gasteiger partial charge in [0.25, 0.3) is 0 Å². The molecule has 1 aliphatic rings. The maximum atomic E-state index is 11.8. The first-order valence-corrected chi connectivity index (χ1v) is 6.22. The third-order valence-electron chi connectivity index (χ3n) is 3.28. The molecule has 1 aliphatic carbocycles. The van der Waals surface area contributed by atoms with Crippen LogP contribution in [0.1, 0.15) is 45.4 Å². The monoisotopic (exact) mass is 212 g/mol. The Hall–Kier alpha value is -0.570. The van der Waals surface area contributed by atoms with E-state index in [1.54, 1.807) is 0 Å². The second kappa shape index (κ2) is 6.83. The van der Waals surface area contributed by atoms with Gasteiger partial charge in [-0.2, -0.15) is 0 Å². The number of amides is 1. The molecule has 0 radical (unpaired) electrons. The molecule has 3 nitrogen and oxygen atoms in total. The number of hydrogen-bond acceptors (Lipinski definition) is 2. The van der Waals surface area contributed by atoms with Crippen LogP contribution in [0.3, 0.4) is 0 Å². The van der Waals surface area contributed by atoms with Crippen LogP contribution in [0.25, 0.3) is 0 Å². The zero-order valence-corrected chi connectivity index (χ0v) is 10.1. The summed E-state index contributed by atoms with van der Waals surface area (Å²) in [6, 6.07) is 0.507. The van der Waals surface area contributed by atoms with E-state index in [0.717, 1.165) is 13.1 Å². The first-order valence-electron chi connectivity index (χ1n) is 6.22. The van der Waals surface area contributed by atoms with Gasteiger partial charge in [0.05, 0.1) is 0 Å². The molecule has 0 spiro atoms. The minimum Gasteiger partial charge on any atom is -0.343 e. The molecule has 88 valence electrons. The number of carbonyl (C=O) groups is 1. The fourth-order valence-electron chi connectivity index (χ4n) is 2.22. The van der Waals surface area contributed by atoms with Gasteiger partial charge in [-0.05, 0) is 19.4 Å². The highest BCUT2D eigenvalue weighted by Gasteiger charge is 2.21. The van der Waals surface area contributed by atoms with E-state index in [9.17, 15) is 4.79 Å². The Kier molecular flexibility index (Phi) is 5.69. The molecule has 0 atom stereocenters. The third-order valence-corrected chi connectivity index (χ3v) is 3.28.